The first-order valence-corrected chi connectivity index (χ1v) is 4.69. The van der Waals surface area contributed by atoms with Crippen molar-refractivity contribution in [3.8, 4) is 0 Å². The standard InChI is InChI=1S/C8H13N5O/c9-8(14)7-5-13(12-11-7)4-6-2-1-3-10-6/h5-6,10H,1-4H2,(H2,9,14)/t6-/m1/s1. The predicted molar refractivity (Wildman–Crippen MR) is 49.6 cm³/mol. The number of primary amides is 1. The highest BCUT2D eigenvalue weighted by molar-refractivity contribution is 5.90. The summed E-state index contributed by atoms with van der Waals surface area (Å²) >= 11 is 0. The van der Waals surface area contributed by atoms with E-state index < -0.39 is 5.91 Å². The molecule has 1 aliphatic rings. The molecule has 1 atom stereocenters. The molecule has 0 aliphatic carbocycles. The Morgan fingerprint density at radius 1 is 1.79 bits per heavy atom. The van der Waals surface area contributed by atoms with Gasteiger partial charge in [-0.2, -0.15) is 0 Å². The smallest absolute Gasteiger partial charge is 0.270 e. The second-order valence-corrected chi connectivity index (χ2v) is 3.48. The van der Waals surface area contributed by atoms with E-state index in [-0.39, 0.29) is 5.69 Å². The van der Waals surface area contributed by atoms with E-state index in [0.29, 0.717) is 6.04 Å². The molecular formula is C8H13N5O. The third kappa shape index (κ3) is 1.90. The first-order chi connectivity index (χ1) is 6.75. The van der Waals surface area contributed by atoms with Crippen LogP contribution in [0, 0.1) is 0 Å². The Morgan fingerprint density at radius 3 is 3.21 bits per heavy atom. The van der Waals surface area contributed by atoms with Crippen molar-refractivity contribution in [1.82, 2.24) is 20.3 Å². The number of nitrogens with two attached hydrogens (primary N) is 1. The molecule has 2 heterocycles. The number of carbonyl (C=O) groups is 1. The van der Waals surface area contributed by atoms with Crippen LogP contribution in [0.2, 0.25) is 0 Å². The van der Waals surface area contributed by atoms with Crippen LogP contribution in [-0.4, -0.2) is 33.5 Å². The van der Waals surface area contributed by atoms with Crippen LogP contribution in [0.15, 0.2) is 6.20 Å². The molecule has 0 aromatic carbocycles. The number of nitrogens with zero attached hydrogens (tertiary/aromatic N) is 3. The van der Waals surface area contributed by atoms with Gasteiger partial charge in [0.05, 0.1) is 12.7 Å². The van der Waals surface area contributed by atoms with Gasteiger partial charge in [-0.05, 0) is 19.4 Å². The third-order valence-corrected chi connectivity index (χ3v) is 2.36. The van der Waals surface area contributed by atoms with Gasteiger partial charge in [0.2, 0.25) is 0 Å². The molecule has 1 aromatic heterocycles. The molecule has 2 rings (SSSR count). The van der Waals surface area contributed by atoms with E-state index in [1.807, 2.05) is 0 Å². The lowest BCUT2D eigenvalue weighted by molar-refractivity contribution is 0.0995. The van der Waals surface area contributed by atoms with Crippen LogP contribution in [0.4, 0.5) is 0 Å². The topological polar surface area (TPSA) is 85.8 Å². The lowest BCUT2D eigenvalue weighted by atomic mass is 10.2. The van der Waals surface area contributed by atoms with E-state index in [4.69, 9.17) is 5.73 Å². The Balaban J connectivity index is 1.98. The van der Waals surface area contributed by atoms with Crippen LogP contribution >= 0.6 is 0 Å². The zero-order valence-corrected chi connectivity index (χ0v) is 7.81. The Bertz CT molecular complexity index is 328. The van der Waals surface area contributed by atoms with Crippen molar-refractivity contribution in [3.05, 3.63) is 11.9 Å². The predicted octanol–water partition coefficient (Wildman–Crippen LogP) is -0.871. The normalized spacial score (nSPS) is 21.3. The minimum Gasteiger partial charge on any atom is -0.364 e. The van der Waals surface area contributed by atoms with Crippen molar-refractivity contribution in [2.24, 2.45) is 5.73 Å². The molecule has 6 nitrogen and oxygen atoms in total. The zero-order valence-electron chi connectivity index (χ0n) is 7.81. The van der Waals surface area contributed by atoms with Crippen LogP contribution < -0.4 is 11.1 Å². The first-order valence-electron chi connectivity index (χ1n) is 4.69. The molecule has 0 radical (unpaired) electrons. The highest BCUT2D eigenvalue weighted by Crippen LogP contribution is 2.06. The molecule has 1 aromatic rings. The molecule has 1 saturated heterocycles. The van der Waals surface area contributed by atoms with Gasteiger partial charge in [0, 0.05) is 6.04 Å². The van der Waals surface area contributed by atoms with Gasteiger partial charge in [0.1, 0.15) is 0 Å². The first kappa shape index (κ1) is 9.14. The van der Waals surface area contributed by atoms with Crippen molar-refractivity contribution in [2.45, 2.75) is 25.4 Å². The molecule has 1 fully saturated rings. The van der Waals surface area contributed by atoms with Crippen LogP contribution in [0.25, 0.3) is 0 Å². The van der Waals surface area contributed by atoms with Gasteiger partial charge in [-0.25, -0.2) is 0 Å². The van der Waals surface area contributed by atoms with Crippen molar-refractivity contribution < 1.29 is 4.79 Å². The van der Waals surface area contributed by atoms with Crippen molar-refractivity contribution in [1.29, 1.82) is 0 Å². The number of hydrogen-bond donors (Lipinski definition) is 2. The Morgan fingerprint density at radius 2 is 2.64 bits per heavy atom. The summed E-state index contributed by atoms with van der Waals surface area (Å²) in [5, 5.41) is 10.8. The summed E-state index contributed by atoms with van der Waals surface area (Å²) in [7, 11) is 0. The summed E-state index contributed by atoms with van der Waals surface area (Å²) in [4.78, 5) is 10.7. The van der Waals surface area contributed by atoms with Crippen molar-refractivity contribution in [2.75, 3.05) is 6.54 Å². The van der Waals surface area contributed by atoms with E-state index in [1.165, 1.54) is 6.42 Å². The maximum atomic E-state index is 10.7. The lowest BCUT2D eigenvalue weighted by Gasteiger charge is -2.08. The summed E-state index contributed by atoms with van der Waals surface area (Å²) in [6, 6.07) is 0.442. The maximum absolute atomic E-state index is 10.7. The van der Waals surface area contributed by atoms with E-state index in [9.17, 15) is 4.79 Å². The van der Waals surface area contributed by atoms with Crippen LogP contribution in [0.3, 0.4) is 0 Å². The number of carbonyl (C=O) groups excluding carboxylic acids is 1. The van der Waals surface area contributed by atoms with Gasteiger partial charge >= 0.3 is 0 Å². The SMILES string of the molecule is NC(=O)c1cn(C[C@H]2CCCN2)nn1. The number of aromatic nitrogens is 3. The fourth-order valence-corrected chi connectivity index (χ4v) is 1.64. The fraction of sp³-hybridized carbons (Fsp3) is 0.625. The molecule has 1 amide bonds. The van der Waals surface area contributed by atoms with Crippen molar-refractivity contribution in [3.63, 3.8) is 0 Å². The van der Waals surface area contributed by atoms with Crippen LogP contribution in [0.1, 0.15) is 23.3 Å². The summed E-state index contributed by atoms with van der Waals surface area (Å²) in [6.45, 7) is 1.81. The number of rotatable bonds is 3. The molecule has 6 heteroatoms. The van der Waals surface area contributed by atoms with Gasteiger partial charge in [-0.3, -0.25) is 9.48 Å². The minimum atomic E-state index is -0.532. The van der Waals surface area contributed by atoms with E-state index in [2.05, 4.69) is 15.6 Å². The molecule has 3 N–H and O–H groups in total. The zero-order chi connectivity index (χ0) is 9.97. The molecule has 76 valence electrons. The van der Waals surface area contributed by atoms with Gasteiger partial charge in [0.25, 0.3) is 5.91 Å². The monoisotopic (exact) mass is 195 g/mol. The van der Waals surface area contributed by atoms with Gasteiger partial charge < -0.3 is 11.1 Å². The minimum absolute atomic E-state index is 0.225. The Kier molecular flexibility index (Phi) is 2.45. The van der Waals surface area contributed by atoms with Crippen LogP contribution in [0.5, 0.6) is 0 Å². The summed E-state index contributed by atoms with van der Waals surface area (Å²) in [5.74, 6) is -0.532. The van der Waals surface area contributed by atoms with E-state index >= 15 is 0 Å². The van der Waals surface area contributed by atoms with E-state index in [0.717, 1.165) is 19.5 Å². The lowest BCUT2D eigenvalue weighted by Crippen LogP contribution is -2.26. The summed E-state index contributed by atoms with van der Waals surface area (Å²) in [5.41, 5.74) is 5.29. The molecule has 1 aliphatic heterocycles. The van der Waals surface area contributed by atoms with Gasteiger partial charge in [-0.1, -0.05) is 5.21 Å². The Hall–Kier alpha value is -1.43. The van der Waals surface area contributed by atoms with Crippen LogP contribution in [-0.2, 0) is 6.54 Å². The van der Waals surface area contributed by atoms with Crippen molar-refractivity contribution >= 4 is 5.91 Å². The quantitative estimate of drug-likeness (QED) is 0.656. The number of hydrogen-bond acceptors (Lipinski definition) is 4. The highest BCUT2D eigenvalue weighted by atomic mass is 16.1. The maximum Gasteiger partial charge on any atom is 0.270 e. The average Bonchev–Trinajstić information content (AvgIpc) is 2.75. The molecule has 0 spiro atoms. The molecular weight excluding hydrogens is 182 g/mol. The summed E-state index contributed by atoms with van der Waals surface area (Å²) in [6.07, 6.45) is 3.93. The average molecular weight is 195 g/mol. The molecule has 0 saturated carbocycles. The van der Waals surface area contributed by atoms with Gasteiger partial charge in [-0.15, -0.1) is 5.10 Å². The summed E-state index contributed by atoms with van der Waals surface area (Å²) < 4.78 is 1.66. The molecule has 0 bridgehead atoms. The molecule has 0 unspecified atom stereocenters. The second-order valence-electron chi connectivity index (χ2n) is 3.48. The largest absolute Gasteiger partial charge is 0.364 e. The fourth-order valence-electron chi connectivity index (χ4n) is 1.64. The van der Waals surface area contributed by atoms with Gasteiger partial charge in [0.15, 0.2) is 5.69 Å². The van der Waals surface area contributed by atoms with E-state index in [1.54, 1.807) is 10.9 Å². The number of nitrogens with one attached hydrogen (secondary N) is 1. The third-order valence-electron chi connectivity index (χ3n) is 2.36. The number of amides is 1. The second kappa shape index (κ2) is 3.75. The highest BCUT2D eigenvalue weighted by Gasteiger charge is 2.15. The Labute approximate surface area is 81.5 Å². The molecule has 14 heavy (non-hydrogen) atoms.